The fourth-order valence-corrected chi connectivity index (χ4v) is 2.34. The van der Waals surface area contributed by atoms with Gasteiger partial charge in [-0.25, -0.2) is 9.37 Å². The van der Waals surface area contributed by atoms with Crippen molar-refractivity contribution in [2.24, 2.45) is 0 Å². The van der Waals surface area contributed by atoms with Gasteiger partial charge in [0, 0.05) is 19.4 Å². The van der Waals surface area contributed by atoms with Crippen molar-refractivity contribution in [2.75, 3.05) is 11.9 Å². The predicted octanol–water partition coefficient (Wildman–Crippen LogP) is 3.67. The number of carbonyl (C=O) groups is 1. The average molecular weight is 334 g/mol. The lowest BCUT2D eigenvalue weighted by Gasteiger charge is -2.12. The zero-order valence-electron chi connectivity index (χ0n) is 12.1. The Morgan fingerprint density at radius 3 is 2.91 bits per heavy atom. The van der Waals surface area contributed by atoms with Gasteiger partial charge in [-0.05, 0) is 12.1 Å². The largest absolute Gasteiger partial charge is 0.460 e. The van der Waals surface area contributed by atoms with Crippen LogP contribution in [0.25, 0.3) is 11.0 Å². The Morgan fingerprint density at radius 2 is 2.22 bits per heavy atom. The van der Waals surface area contributed by atoms with Gasteiger partial charge in [-0.15, -0.1) is 0 Å². The molecule has 0 atom stereocenters. The molecule has 0 saturated heterocycles. The molecule has 0 N–H and O–H groups in total. The van der Waals surface area contributed by atoms with Crippen LogP contribution < -0.4 is 4.90 Å². The van der Waals surface area contributed by atoms with E-state index in [1.165, 1.54) is 19.2 Å². The zero-order chi connectivity index (χ0) is 16.7. The number of amides is 1. The lowest BCUT2D eigenvalue weighted by atomic mass is 10.1. The molecule has 0 fully saturated rings. The summed E-state index contributed by atoms with van der Waals surface area (Å²) in [4.78, 5) is 17.6. The molecule has 6 nitrogen and oxygen atoms in total. The van der Waals surface area contributed by atoms with Crippen molar-refractivity contribution in [1.82, 2.24) is 4.98 Å². The van der Waals surface area contributed by atoms with E-state index in [1.807, 2.05) is 6.07 Å². The number of rotatable bonds is 2. The smallest absolute Gasteiger partial charge is 0.264 e. The Balaban J connectivity index is 2.07. The highest BCUT2D eigenvalue weighted by molar-refractivity contribution is 6.31. The molecular formula is C15H9ClFN3O3. The van der Waals surface area contributed by atoms with Crippen molar-refractivity contribution >= 4 is 34.4 Å². The first kappa shape index (κ1) is 15.1. The molecule has 8 heteroatoms. The van der Waals surface area contributed by atoms with Gasteiger partial charge in [-0.3, -0.25) is 9.69 Å². The minimum Gasteiger partial charge on any atom is -0.460 e. The summed E-state index contributed by atoms with van der Waals surface area (Å²) in [5, 5.41) is 9.21. The number of aryl methyl sites for hydroxylation is 1. The minimum absolute atomic E-state index is 0.0128. The number of anilines is 1. The van der Waals surface area contributed by atoms with Crippen LogP contribution in [-0.2, 0) is 0 Å². The van der Waals surface area contributed by atoms with Crippen molar-refractivity contribution in [2.45, 2.75) is 6.92 Å². The predicted molar refractivity (Wildman–Crippen MR) is 79.9 cm³/mol. The Bertz CT molecular complexity index is 970. The van der Waals surface area contributed by atoms with Crippen LogP contribution >= 0.6 is 11.6 Å². The van der Waals surface area contributed by atoms with Crippen LogP contribution in [0.5, 0.6) is 0 Å². The van der Waals surface area contributed by atoms with E-state index in [9.17, 15) is 9.18 Å². The standard InChI is InChI=1S/C15H9ClFN3O3/c1-7-19-11(5-18)15(23-7)20(2)14(21)9-6-22-13-8(9)3-4-10(16)12(13)17/h3-4,6H,1-2H3. The number of benzene rings is 1. The summed E-state index contributed by atoms with van der Waals surface area (Å²) >= 11 is 5.69. The highest BCUT2D eigenvalue weighted by Crippen LogP contribution is 2.30. The minimum atomic E-state index is -0.737. The second-order valence-corrected chi connectivity index (χ2v) is 5.16. The van der Waals surface area contributed by atoms with E-state index in [2.05, 4.69) is 4.98 Å². The zero-order valence-corrected chi connectivity index (χ0v) is 12.8. The molecule has 1 aromatic carbocycles. The third-order valence-electron chi connectivity index (χ3n) is 3.30. The van der Waals surface area contributed by atoms with Crippen LogP contribution in [0.15, 0.2) is 27.2 Å². The van der Waals surface area contributed by atoms with E-state index in [-0.39, 0.29) is 39.0 Å². The number of oxazole rings is 1. The average Bonchev–Trinajstić information content (AvgIpc) is 3.13. The second-order valence-electron chi connectivity index (χ2n) is 4.75. The molecule has 0 radical (unpaired) electrons. The normalized spacial score (nSPS) is 10.7. The van der Waals surface area contributed by atoms with E-state index in [4.69, 9.17) is 25.7 Å². The van der Waals surface area contributed by atoms with Crippen molar-refractivity contribution in [3.05, 3.63) is 46.4 Å². The monoisotopic (exact) mass is 333 g/mol. The quantitative estimate of drug-likeness (QED) is 0.714. The summed E-state index contributed by atoms with van der Waals surface area (Å²) in [7, 11) is 1.42. The molecule has 116 valence electrons. The number of nitriles is 1. The van der Waals surface area contributed by atoms with Gasteiger partial charge in [-0.1, -0.05) is 11.6 Å². The van der Waals surface area contributed by atoms with Crippen LogP contribution in [0.2, 0.25) is 5.02 Å². The molecule has 1 amide bonds. The molecule has 0 spiro atoms. The lowest BCUT2D eigenvalue weighted by Crippen LogP contribution is -2.26. The lowest BCUT2D eigenvalue weighted by molar-refractivity contribution is 0.0989. The number of halogens is 2. The summed E-state index contributed by atoms with van der Waals surface area (Å²) < 4.78 is 24.3. The third-order valence-corrected chi connectivity index (χ3v) is 3.59. The molecule has 23 heavy (non-hydrogen) atoms. The Labute approximate surface area is 134 Å². The molecule has 0 bridgehead atoms. The molecule has 0 unspecified atom stereocenters. The Kier molecular flexibility index (Phi) is 3.54. The van der Waals surface area contributed by atoms with Gasteiger partial charge in [0.25, 0.3) is 5.91 Å². The molecule has 2 heterocycles. The Morgan fingerprint density at radius 1 is 1.48 bits per heavy atom. The van der Waals surface area contributed by atoms with Gasteiger partial charge < -0.3 is 8.83 Å². The van der Waals surface area contributed by atoms with Gasteiger partial charge in [0.15, 0.2) is 17.3 Å². The van der Waals surface area contributed by atoms with E-state index in [0.29, 0.717) is 0 Å². The summed E-state index contributed by atoms with van der Waals surface area (Å²) in [6.07, 6.45) is 1.14. The summed E-state index contributed by atoms with van der Waals surface area (Å²) in [6.45, 7) is 1.56. The van der Waals surface area contributed by atoms with E-state index in [1.54, 1.807) is 6.92 Å². The van der Waals surface area contributed by atoms with E-state index < -0.39 is 11.7 Å². The number of nitrogens with zero attached hydrogens (tertiary/aromatic N) is 3. The number of hydrogen-bond donors (Lipinski definition) is 0. The van der Waals surface area contributed by atoms with Crippen molar-refractivity contribution < 1.29 is 18.0 Å². The second kappa shape index (κ2) is 5.41. The molecule has 3 aromatic rings. The maximum atomic E-state index is 13.9. The highest BCUT2D eigenvalue weighted by atomic mass is 35.5. The number of hydrogen-bond acceptors (Lipinski definition) is 5. The summed E-state index contributed by atoms with van der Waals surface area (Å²) in [5.74, 6) is -0.998. The van der Waals surface area contributed by atoms with Gasteiger partial charge >= 0.3 is 0 Å². The first-order valence-electron chi connectivity index (χ1n) is 6.44. The molecular weight excluding hydrogens is 325 g/mol. The first-order chi connectivity index (χ1) is 10.9. The number of carbonyl (C=O) groups excluding carboxylic acids is 1. The van der Waals surface area contributed by atoms with Crippen molar-refractivity contribution in [3.63, 3.8) is 0 Å². The van der Waals surface area contributed by atoms with Crippen LogP contribution in [0.1, 0.15) is 21.9 Å². The van der Waals surface area contributed by atoms with Crippen molar-refractivity contribution in [1.29, 1.82) is 5.26 Å². The third kappa shape index (κ3) is 2.33. The van der Waals surface area contributed by atoms with Crippen LogP contribution in [-0.4, -0.2) is 17.9 Å². The number of aromatic nitrogens is 1. The van der Waals surface area contributed by atoms with Gasteiger partial charge in [0.05, 0.1) is 10.6 Å². The topological polar surface area (TPSA) is 83.3 Å². The van der Waals surface area contributed by atoms with Crippen LogP contribution in [0.3, 0.4) is 0 Å². The van der Waals surface area contributed by atoms with E-state index >= 15 is 0 Å². The summed E-state index contributed by atoms with van der Waals surface area (Å²) in [5.41, 5.74) is -0.0000999. The van der Waals surface area contributed by atoms with Gasteiger partial charge in [0.2, 0.25) is 11.6 Å². The molecule has 0 aliphatic carbocycles. The molecule has 0 saturated carbocycles. The maximum absolute atomic E-state index is 13.9. The SMILES string of the molecule is Cc1nc(C#N)c(N(C)C(=O)c2coc3c(F)c(Cl)ccc23)o1. The molecule has 3 rings (SSSR count). The fourth-order valence-electron chi connectivity index (χ4n) is 2.20. The van der Waals surface area contributed by atoms with Crippen LogP contribution in [0, 0.1) is 24.1 Å². The number of fused-ring (bicyclic) bond motifs is 1. The first-order valence-corrected chi connectivity index (χ1v) is 6.82. The molecule has 0 aliphatic heterocycles. The fraction of sp³-hybridized carbons (Fsp3) is 0.133. The van der Waals surface area contributed by atoms with Gasteiger partial charge in [-0.2, -0.15) is 5.26 Å². The number of furan rings is 1. The van der Waals surface area contributed by atoms with Crippen LogP contribution in [0.4, 0.5) is 10.3 Å². The maximum Gasteiger partial charge on any atom is 0.264 e. The summed E-state index contributed by atoms with van der Waals surface area (Å²) in [6, 6.07) is 4.68. The molecule has 0 aliphatic rings. The Hall–Kier alpha value is -2.85. The van der Waals surface area contributed by atoms with Crippen molar-refractivity contribution in [3.8, 4) is 6.07 Å². The highest BCUT2D eigenvalue weighted by Gasteiger charge is 2.25. The molecule has 2 aromatic heterocycles. The van der Waals surface area contributed by atoms with E-state index in [0.717, 1.165) is 11.2 Å². The van der Waals surface area contributed by atoms with Gasteiger partial charge in [0.1, 0.15) is 12.3 Å².